The summed E-state index contributed by atoms with van der Waals surface area (Å²) in [4.78, 5) is 13.2. The summed E-state index contributed by atoms with van der Waals surface area (Å²) in [5, 5.41) is 7.68. The second kappa shape index (κ2) is 4.85. The van der Waals surface area contributed by atoms with Crippen LogP contribution in [-0.4, -0.2) is 48.3 Å². The summed E-state index contributed by atoms with van der Waals surface area (Å²) >= 11 is 0. The lowest BCUT2D eigenvalue weighted by atomic mass is 10.2. The van der Waals surface area contributed by atoms with E-state index in [0.717, 1.165) is 21.0 Å². The molecule has 8 nitrogen and oxygen atoms in total. The molecule has 1 saturated heterocycles. The average Bonchev–Trinajstić information content (AvgIpc) is 3.05. The molecule has 2 heterocycles. The molecule has 0 N–H and O–H groups in total. The summed E-state index contributed by atoms with van der Waals surface area (Å²) in [7, 11) is -3.59. The number of hydrogen-bond donors (Lipinski definition) is 0. The van der Waals surface area contributed by atoms with Gasteiger partial charge in [0.15, 0.2) is 0 Å². The van der Waals surface area contributed by atoms with Crippen molar-refractivity contribution in [1.29, 1.82) is 0 Å². The molecule has 0 unspecified atom stereocenters. The van der Waals surface area contributed by atoms with Crippen LogP contribution in [0.25, 0.3) is 11.5 Å². The Bertz CT molecular complexity index is 772. The third-order valence-corrected chi connectivity index (χ3v) is 4.18. The smallest absolute Gasteiger partial charge is 0.341 e. The summed E-state index contributed by atoms with van der Waals surface area (Å²) in [5.74, 6) is 0.274. The van der Waals surface area contributed by atoms with Crippen LogP contribution in [-0.2, 0) is 10.0 Å². The van der Waals surface area contributed by atoms with E-state index in [2.05, 4.69) is 10.2 Å². The molecule has 1 aromatic heterocycles. The van der Waals surface area contributed by atoms with Crippen LogP contribution < -0.4 is 4.90 Å². The van der Waals surface area contributed by atoms with Crippen LogP contribution in [0, 0.1) is 0 Å². The third-order valence-electron chi connectivity index (χ3n) is 3.04. The van der Waals surface area contributed by atoms with Gasteiger partial charge in [-0.05, 0) is 12.1 Å². The Morgan fingerprint density at radius 1 is 1.14 bits per heavy atom. The summed E-state index contributed by atoms with van der Waals surface area (Å²) in [6.07, 6.45) is 0.984. The Morgan fingerprint density at radius 3 is 2.48 bits per heavy atom. The molecule has 0 aliphatic carbocycles. The minimum absolute atomic E-state index is 0.00926. The topological polar surface area (TPSA) is 96.6 Å². The van der Waals surface area contributed by atoms with Crippen LogP contribution >= 0.6 is 0 Å². The molecule has 0 atom stereocenters. The van der Waals surface area contributed by atoms with Crippen molar-refractivity contribution in [3.63, 3.8) is 0 Å². The molecular formula is C12H12N4O4S. The summed E-state index contributed by atoms with van der Waals surface area (Å²) in [6.45, 7) is 0.253. The van der Waals surface area contributed by atoms with Crippen molar-refractivity contribution in [3.8, 4) is 11.5 Å². The highest BCUT2D eigenvalue weighted by atomic mass is 32.2. The van der Waals surface area contributed by atoms with Crippen molar-refractivity contribution in [3.05, 3.63) is 30.3 Å². The van der Waals surface area contributed by atoms with Gasteiger partial charge in [-0.3, -0.25) is 0 Å². The van der Waals surface area contributed by atoms with Crippen molar-refractivity contribution < 1.29 is 17.6 Å². The van der Waals surface area contributed by atoms with Gasteiger partial charge in [-0.15, -0.1) is 5.10 Å². The van der Waals surface area contributed by atoms with Gasteiger partial charge in [0.1, 0.15) is 0 Å². The number of rotatable bonds is 3. The third kappa shape index (κ3) is 2.47. The highest BCUT2D eigenvalue weighted by Gasteiger charge is 2.38. The molecule has 2 amide bonds. The zero-order valence-corrected chi connectivity index (χ0v) is 11.9. The number of aromatic nitrogens is 2. The fraction of sp³-hybridized carbons (Fsp3) is 0.250. The number of benzene rings is 1. The maximum absolute atomic E-state index is 12.0. The lowest BCUT2D eigenvalue weighted by Crippen LogP contribution is -2.35. The van der Waals surface area contributed by atoms with Gasteiger partial charge in [-0.2, -0.15) is 0 Å². The minimum atomic E-state index is -3.59. The Balaban J connectivity index is 1.87. The first kappa shape index (κ1) is 13.6. The molecule has 3 rings (SSSR count). The second-order valence-electron chi connectivity index (χ2n) is 4.53. The molecule has 0 bridgehead atoms. The molecule has 1 aromatic carbocycles. The van der Waals surface area contributed by atoms with E-state index < -0.39 is 16.1 Å². The summed E-state index contributed by atoms with van der Waals surface area (Å²) < 4.78 is 29.1. The van der Waals surface area contributed by atoms with Crippen molar-refractivity contribution >= 4 is 22.1 Å². The molecular weight excluding hydrogens is 296 g/mol. The van der Waals surface area contributed by atoms with Crippen LogP contribution in [0.4, 0.5) is 10.8 Å². The number of amides is 2. The Morgan fingerprint density at radius 2 is 1.86 bits per heavy atom. The lowest BCUT2D eigenvalue weighted by Gasteiger charge is -2.13. The fourth-order valence-electron chi connectivity index (χ4n) is 2.02. The average molecular weight is 308 g/mol. The Hall–Kier alpha value is -2.42. The fourth-order valence-corrected chi connectivity index (χ4v) is 2.82. The summed E-state index contributed by atoms with van der Waals surface area (Å²) in [6, 6.07) is 8.41. The van der Waals surface area contributed by atoms with Crippen LogP contribution in [0.2, 0.25) is 0 Å². The molecule has 2 aromatic rings. The quantitative estimate of drug-likeness (QED) is 0.837. The maximum atomic E-state index is 12.0. The van der Waals surface area contributed by atoms with Gasteiger partial charge in [0, 0.05) is 5.56 Å². The first-order chi connectivity index (χ1) is 9.97. The number of urea groups is 1. The lowest BCUT2D eigenvalue weighted by molar-refractivity contribution is 0.238. The van der Waals surface area contributed by atoms with Crippen molar-refractivity contribution in [2.24, 2.45) is 0 Å². The zero-order valence-electron chi connectivity index (χ0n) is 11.1. The maximum Gasteiger partial charge on any atom is 0.341 e. The van der Waals surface area contributed by atoms with E-state index in [4.69, 9.17) is 4.42 Å². The van der Waals surface area contributed by atoms with Gasteiger partial charge in [0.05, 0.1) is 19.3 Å². The van der Waals surface area contributed by atoms with Crippen molar-refractivity contribution in [2.45, 2.75) is 0 Å². The van der Waals surface area contributed by atoms with Gasteiger partial charge in [-0.25, -0.2) is 22.4 Å². The van der Waals surface area contributed by atoms with Crippen molar-refractivity contribution in [1.82, 2.24) is 14.5 Å². The number of anilines is 1. The number of carbonyl (C=O) groups is 1. The largest absolute Gasteiger partial charge is 0.403 e. The van der Waals surface area contributed by atoms with E-state index >= 15 is 0 Å². The van der Waals surface area contributed by atoms with Crippen LogP contribution in [0.5, 0.6) is 0 Å². The Labute approximate surface area is 121 Å². The standard InChI is InChI=1S/C12H12N4O4S/c1-21(18,19)16-8-7-15(12(16)17)11-14-13-10(20-11)9-5-3-2-4-6-9/h2-6H,7-8H2,1H3. The zero-order chi connectivity index (χ0) is 15.0. The van der Waals surface area contributed by atoms with E-state index in [0.29, 0.717) is 0 Å². The second-order valence-corrected chi connectivity index (χ2v) is 6.43. The number of hydrogen-bond acceptors (Lipinski definition) is 6. The Kier molecular flexibility index (Phi) is 3.13. The van der Waals surface area contributed by atoms with Gasteiger partial charge in [0.25, 0.3) is 0 Å². The number of sulfonamides is 1. The molecule has 1 fully saturated rings. The van der Waals surface area contributed by atoms with E-state index in [1.54, 1.807) is 12.1 Å². The number of carbonyl (C=O) groups excluding carboxylic acids is 1. The van der Waals surface area contributed by atoms with Gasteiger partial charge < -0.3 is 4.42 Å². The first-order valence-electron chi connectivity index (χ1n) is 6.15. The van der Waals surface area contributed by atoms with Crippen LogP contribution in [0.15, 0.2) is 34.7 Å². The minimum Gasteiger partial charge on any atom is -0.403 e. The molecule has 110 valence electrons. The van der Waals surface area contributed by atoms with E-state index in [1.807, 2.05) is 18.2 Å². The van der Waals surface area contributed by atoms with Crippen LogP contribution in [0.1, 0.15) is 0 Å². The predicted molar refractivity (Wildman–Crippen MR) is 74.0 cm³/mol. The SMILES string of the molecule is CS(=O)(=O)N1CCN(c2nnc(-c3ccccc3)o2)C1=O. The first-order valence-corrected chi connectivity index (χ1v) is 8.00. The predicted octanol–water partition coefficient (Wildman–Crippen LogP) is 0.938. The van der Waals surface area contributed by atoms with Gasteiger partial charge in [0.2, 0.25) is 15.9 Å². The van der Waals surface area contributed by atoms with Crippen LogP contribution in [0.3, 0.4) is 0 Å². The van der Waals surface area contributed by atoms with Gasteiger partial charge in [-0.1, -0.05) is 23.3 Å². The molecule has 9 heteroatoms. The molecule has 0 saturated carbocycles. The van der Waals surface area contributed by atoms with Gasteiger partial charge >= 0.3 is 12.0 Å². The van der Waals surface area contributed by atoms with E-state index in [1.165, 1.54) is 0 Å². The highest BCUT2D eigenvalue weighted by molar-refractivity contribution is 7.88. The van der Waals surface area contributed by atoms with Crippen molar-refractivity contribution in [2.75, 3.05) is 24.2 Å². The molecule has 21 heavy (non-hydrogen) atoms. The summed E-state index contributed by atoms with van der Waals surface area (Å²) in [5.41, 5.74) is 0.725. The monoisotopic (exact) mass is 308 g/mol. The van der Waals surface area contributed by atoms with E-state index in [-0.39, 0.29) is 25.0 Å². The molecule has 0 spiro atoms. The van der Waals surface area contributed by atoms with E-state index in [9.17, 15) is 13.2 Å². The molecule has 0 radical (unpaired) electrons. The number of nitrogens with zero attached hydrogens (tertiary/aromatic N) is 4. The highest BCUT2D eigenvalue weighted by Crippen LogP contribution is 2.24. The molecule has 1 aliphatic rings. The molecule has 1 aliphatic heterocycles. The normalized spacial score (nSPS) is 15.8.